The van der Waals surface area contributed by atoms with Crippen LogP contribution in [-0.4, -0.2) is 50.5 Å². The molecule has 27 heavy (non-hydrogen) atoms. The molecule has 1 aliphatic carbocycles. The number of piperidine rings is 3. The van der Waals surface area contributed by atoms with Crippen molar-refractivity contribution in [2.75, 3.05) is 13.1 Å². The van der Waals surface area contributed by atoms with Gasteiger partial charge in [0, 0.05) is 10.2 Å². The van der Waals surface area contributed by atoms with E-state index in [1.54, 1.807) is 22.2 Å². The molecule has 3 aliphatic heterocycles. The van der Waals surface area contributed by atoms with E-state index in [2.05, 4.69) is 32.7 Å². The van der Waals surface area contributed by atoms with Crippen molar-refractivity contribution in [1.82, 2.24) is 25.2 Å². The van der Waals surface area contributed by atoms with E-state index in [0.717, 1.165) is 20.7 Å². The van der Waals surface area contributed by atoms with Gasteiger partial charge < -0.3 is 5.32 Å². The Labute approximate surface area is 161 Å². The Kier molecular flexibility index (Phi) is 3.29. The molecule has 2 bridgehead atoms. The normalized spacial score (nSPS) is 27.9. The summed E-state index contributed by atoms with van der Waals surface area (Å²) in [7, 11) is 0. The predicted molar refractivity (Wildman–Crippen MR) is 104 cm³/mol. The molecular formula is C20H21N5OS. The first-order valence-corrected chi connectivity index (χ1v) is 10.5. The second-order valence-corrected chi connectivity index (χ2v) is 9.14. The van der Waals surface area contributed by atoms with E-state index >= 15 is 0 Å². The molecule has 0 radical (unpaired) electrons. The lowest BCUT2D eigenvalue weighted by Crippen LogP contribution is -2.65. The van der Waals surface area contributed by atoms with Crippen molar-refractivity contribution in [3.63, 3.8) is 0 Å². The minimum Gasteiger partial charge on any atom is -0.346 e. The number of thiophene rings is 1. The van der Waals surface area contributed by atoms with Crippen molar-refractivity contribution in [3.05, 3.63) is 41.5 Å². The summed E-state index contributed by atoms with van der Waals surface area (Å²) in [5.41, 5.74) is 1.23. The molecule has 1 N–H and O–H groups in total. The molecule has 3 saturated heterocycles. The van der Waals surface area contributed by atoms with Gasteiger partial charge in [0.2, 0.25) is 0 Å². The van der Waals surface area contributed by atoms with E-state index in [9.17, 15) is 4.79 Å². The number of nitrogens with zero attached hydrogens (tertiary/aromatic N) is 4. The van der Waals surface area contributed by atoms with Gasteiger partial charge in [0.05, 0.1) is 29.0 Å². The van der Waals surface area contributed by atoms with Gasteiger partial charge in [-0.2, -0.15) is 0 Å². The van der Waals surface area contributed by atoms with Crippen LogP contribution in [0.1, 0.15) is 35.4 Å². The zero-order chi connectivity index (χ0) is 18.0. The van der Waals surface area contributed by atoms with Crippen LogP contribution < -0.4 is 5.32 Å². The third-order valence-corrected chi connectivity index (χ3v) is 7.78. The Bertz CT molecular complexity index is 1010. The lowest BCUT2D eigenvalue weighted by molar-refractivity contribution is -0.00138. The van der Waals surface area contributed by atoms with Gasteiger partial charge in [0.1, 0.15) is 0 Å². The number of rotatable bonds is 3. The fourth-order valence-electron chi connectivity index (χ4n) is 5.15. The molecule has 4 aliphatic rings. The summed E-state index contributed by atoms with van der Waals surface area (Å²) >= 11 is 1.56. The van der Waals surface area contributed by atoms with Gasteiger partial charge in [-0.1, -0.05) is 11.3 Å². The largest absolute Gasteiger partial charge is 0.346 e. The van der Waals surface area contributed by atoms with Crippen molar-refractivity contribution in [2.45, 2.75) is 37.3 Å². The van der Waals surface area contributed by atoms with Crippen LogP contribution in [0.25, 0.3) is 15.8 Å². The summed E-state index contributed by atoms with van der Waals surface area (Å²) in [4.78, 5) is 16.5. The smallest absolute Gasteiger partial charge is 0.261 e. The van der Waals surface area contributed by atoms with E-state index < -0.39 is 0 Å². The lowest BCUT2D eigenvalue weighted by atomic mass is 9.77. The average Bonchev–Trinajstić information content (AvgIpc) is 3.11. The van der Waals surface area contributed by atoms with Crippen LogP contribution >= 0.6 is 11.3 Å². The molecule has 1 atom stereocenters. The highest BCUT2D eigenvalue weighted by molar-refractivity contribution is 7.20. The quantitative estimate of drug-likeness (QED) is 0.760. The molecule has 1 amide bonds. The molecule has 3 aromatic rings. The van der Waals surface area contributed by atoms with E-state index in [1.807, 2.05) is 18.3 Å². The number of amides is 1. The molecule has 1 spiro atoms. The number of aromatic nitrogens is 3. The molecule has 1 aromatic carbocycles. The number of carbonyl (C=O) groups is 1. The highest BCUT2D eigenvalue weighted by atomic mass is 32.1. The minimum atomic E-state index is 0.0866. The van der Waals surface area contributed by atoms with Crippen LogP contribution in [0.15, 0.2) is 36.7 Å². The second-order valence-electron chi connectivity index (χ2n) is 8.06. The zero-order valence-corrected chi connectivity index (χ0v) is 15.8. The maximum Gasteiger partial charge on any atom is 0.261 e. The molecule has 7 heteroatoms. The topological polar surface area (TPSA) is 63.1 Å². The van der Waals surface area contributed by atoms with Crippen LogP contribution in [0.5, 0.6) is 0 Å². The number of hydrogen-bond acceptors (Lipinski definition) is 5. The molecule has 5 heterocycles. The van der Waals surface area contributed by atoms with Gasteiger partial charge in [0.15, 0.2) is 0 Å². The molecule has 138 valence electrons. The second kappa shape index (κ2) is 5.62. The van der Waals surface area contributed by atoms with Crippen molar-refractivity contribution in [3.8, 4) is 5.69 Å². The van der Waals surface area contributed by atoms with Gasteiger partial charge in [0.25, 0.3) is 5.91 Å². The van der Waals surface area contributed by atoms with Crippen LogP contribution in [-0.2, 0) is 0 Å². The summed E-state index contributed by atoms with van der Waals surface area (Å²) in [5.74, 6) is 0.735. The number of hydrogen-bond donors (Lipinski definition) is 1. The maximum atomic E-state index is 13.0. The van der Waals surface area contributed by atoms with E-state index in [4.69, 9.17) is 0 Å². The monoisotopic (exact) mass is 379 g/mol. The maximum absolute atomic E-state index is 13.0. The third kappa shape index (κ3) is 2.38. The molecule has 4 fully saturated rings. The first kappa shape index (κ1) is 15.8. The fraction of sp³-hybridized carbons (Fsp3) is 0.450. The van der Waals surface area contributed by atoms with Crippen LogP contribution in [0.4, 0.5) is 0 Å². The molecular weight excluding hydrogens is 358 g/mol. The predicted octanol–water partition coefficient (Wildman–Crippen LogP) is 2.84. The first-order chi connectivity index (χ1) is 13.2. The summed E-state index contributed by atoms with van der Waals surface area (Å²) < 4.78 is 2.84. The summed E-state index contributed by atoms with van der Waals surface area (Å²) in [6.45, 7) is 2.43. The highest BCUT2D eigenvalue weighted by Crippen LogP contribution is 2.53. The van der Waals surface area contributed by atoms with Crippen LogP contribution in [0, 0.1) is 5.92 Å². The first-order valence-electron chi connectivity index (χ1n) is 9.69. The standard InChI is InChI=1S/C20H21N5OS/c26-19(22-18-13-3-8-24(9-4-13)20(18)5-6-20)17-11-14-1-2-15(12-16(14)27-17)25-10-7-21-23-25/h1-2,7,10-13,18H,3-6,8-9H2,(H,22,26)/t18-/m0/s1. The Morgan fingerprint density at radius 3 is 2.81 bits per heavy atom. The molecule has 1 saturated carbocycles. The fourth-order valence-corrected chi connectivity index (χ4v) is 6.15. The number of fused-ring (bicyclic) bond motifs is 3. The van der Waals surface area contributed by atoms with Gasteiger partial charge in [-0.15, -0.1) is 16.4 Å². The Morgan fingerprint density at radius 1 is 1.22 bits per heavy atom. The average molecular weight is 379 g/mol. The number of carbonyl (C=O) groups excluding carboxylic acids is 1. The SMILES string of the molecule is O=C(N[C@H]1C2CCN(CC2)C12CC2)c1cc2ccc(-n3ccnn3)cc2s1. The minimum absolute atomic E-state index is 0.0866. The summed E-state index contributed by atoms with van der Waals surface area (Å²) in [5, 5.41) is 12.4. The number of benzene rings is 1. The van der Waals surface area contributed by atoms with E-state index in [-0.39, 0.29) is 11.4 Å². The van der Waals surface area contributed by atoms with Crippen LogP contribution in [0.2, 0.25) is 0 Å². The third-order valence-electron chi connectivity index (χ3n) is 6.68. The molecule has 6 nitrogen and oxygen atoms in total. The van der Waals surface area contributed by atoms with Gasteiger partial charge in [-0.25, -0.2) is 4.68 Å². The van der Waals surface area contributed by atoms with Crippen LogP contribution in [0.3, 0.4) is 0 Å². The van der Waals surface area contributed by atoms with Crippen molar-refractivity contribution >= 4 is 27.3 Å². The Morgan fingerprint density at radius 2 is 2.07 bits per heavy atom. The van der Waals surface area contributed by atoms with Gasteiger partial charge in [-0.3, -0.25) is 9.69 Å². The Balaban J connectivity index is 1.28. The highest BCUT2D eigenvalue weighted by Gasteiger charge is 2.60. The van der Waals surface area contributed by atoms with E-state index in [0.29, 0.717) is 12.0 Å². The van der Waals surface area contributed by atoms with Crippen molar-refractivity contribution < 1.29 is 4.79 Å². The zero-order valence-electron chi connectivity index (χ0n) is 15.0. The lowest BCUT2D eigenvalue weighted by Gasteiger charge is -2.52. The van der Waals surface area contributed by atoms with Gasteiger partial charge >= 0.3 is 0 Å². The molecule has 0 unspecified atom stereocenters. The van der Waals surface area contributed by atoms with Crippen molar-refractivity contribution in [1.29, 1.82) is 0 Å². The summed E-state index contributed by atoms with van der Waals surface area (Å²) in [6, 6.07) is 8.47. The van der Waals surface area contributed by atoms with E-state index in [1.165, 1.54) is 38.8 Å². The molecule has 7 rings (SSSR count). The van der Waals surface area contributed by atoms with Crippen molar-refractivity contribution in [2.24, 2.45) is 5.92 Å². The summed E-state index contributed by atoms with van der Waals surface area (Å²) in [6.07, 6.45) is 8.41. The number of nitrogens with one attached hydrogen (secondary N) is 1. The molecule has 2 aromatic heterocycles. The van der Waals surface area contributed by atoms with Gasteiger partial charge in [-0.05, 0) is 68.3 Å². The Hall–Kier alpha value is -2.25.